The van der Waals surface area contributed by atoms with Gasteiger partial charge in [0, 0.05) is 25.2 Å². The fourth-order valence-electron chi connectivity index (χ4n) is 2.20. The Morgan fingerprint density at radius 1 is 1.41 bits per heavy atom. The standard InChI is InChI=1S/C15H20FN3O3/c1-18(2)7-8-22-15(21)17-12-9-14(20)19(10-12)13-5-3-11(16)4-6-13/h3-6,12H,7-10H2,1-2H3,(H,17,21)/t12-/m0/s1. The number of carbonyl (C=O) groups excluding carboxylic acids is 2. The zero-order chi connectivity index (χ0) is 16.1. The van der Waals surface area contributed by atoms with Gasteiger partial charge in [0.05, 0.1) is 6.04 Å². The first-order valence-electron chi connectivity index (χ1n) is 7.09. The first-order chi connectivity index (χ1) is 10.5. The highest BCUT2D eigenvalue weighted by molar-refractivity contribution is 5.96. The molecule has 1 N–H and O–H groups in total. The Kier molecular flexibility index (Phi) is 5.32. The molecule has 0 aliphatic carbocycles. The number of likely N-dealkylation sites (N-methyl/N-ethyl adjacent to an activating group) is 1. The molecule has 1 aliphatic heterocycles. The average Bonchev–Trinajstić information content (AvgIpc) is 2.80. The second kappa shape index (κ2) is 7.22. The van der Waals surface area contributed by atoms with E-state index in [0.29, 0.717) is 25.4 Å². The van der Waals surface area contributed by atoms with E-state index in [4.69, 9.17) is 4.74 Å². The number of ether oxygens (including phenoxy) is 1. The molecule has 120 valence electrons. The number of hydrogen-bond donors (Lipinski definition) is 1. The third-order valence-electron chi connectivity index (χ3n) is 3.36. The van der Waals surface area contributed by atoms with Crippen molar-refractivity contribution in [3.8, 4) is 0 Å². The summed E-state index contributed by atoms with van der Waals surface area (Å²) in [5.41, 5.74) is 0.622. The van der Waals surface area contributed by atoms with Crippen LogP contribution in [0.25, 0.3) is 0 Å². The Balaban J connectivity index is 1.84. The Bertz CT molecular complexity index is 533. The molecule has 7 heteroatoms. The number of nitrogens with zero attached hydrogens (tertiary/aromatic N) is 2. The van der Waals surface area contributed by atoms with Gasteiger partial charge >= 0.3 is 6.09 Å². The summed E-state index contributed by atoms with van der Waals surface area (Å²) in [7, 11) is 3.77. The summed E-state index contributed by atoms with van der Waals surface area (Å²) in [5, 5.41) is 2.68. The van der Waals surface area contributed by atoms with Crippen LogP contribution in [0, 0.1) is 5.82 Å². The lowest BCUT2D eigenvalue weighted by atomic mass is 10.3. The summed E-state index contributed by atoms with van der Waals surface area (Å²) in [6.07, 6.45) is -0.319. The fraction of sp³-hybridized carbons (Fsp3) is 0.467. The summed E-state index contributed by atoms with van der Waals surface area (Å²) >= 11 is 0. The van der Waals surface area contributed by atoms with Gasteiger partial charge in [-0.25, -0.2) is 9.18 Å². The fourth-order valence-corrected chi connectivity index (χ4v) is 2.20. The lowest BCUT2D eigenvalue weighted by Crippen LogP contribution is -2.38. The number of rotatable bonds is 5. The van der Waals surface area contributed by atoms with E-state index in [2.05, 4.69) is 5.32 Å². The van der Waals surface area contributed by atoms with Crippen LogP contribution in [0.15, 0.2) is 24.3 Å². The molecular formula is C15H20FN3O3. The van der Waals surface area contributed by atoms with Crippen molar-refractivity contribution >= 4 is 17.7 Å². The highest BCUT2D eigenvalue weighted by atomic mass is 19.1. The number of carbonyl (C=O) groups is 2. The monoisotopic (exact) mass is 309 g/mol. The van der Waals surface area contributed by atoms with Gasteiger partial charge in [-0.1, -0.05) is 0 Å². The van der Waals surface area contributed by atoms with Crippen LogP contribution in [0.5, 0.6) is 0 Å². The summed E-state index contributed by atoms with van der Waals surface area (Å²) < 4.78 is 17.9. The first kappa shape index (κ1) is 16.2. The second-order valence-electron chi connectivity index (χ2n) is 5.47. The largest absolute Gasteiger partial charge is 0.448 e. The molecule has 1 aromatic carbocycles. The van der Waals surface area contributed by atoms with Crippen LogP contribution >= 0.6 is 0 Å². The molecule has 2 rings (SSSR count). The topological polar surface area (TPSA) is 61.9 Å². The van der Waals surface area contributed by atoms with Gasteiger partial charge in [-0.05, 0) is 38.4 Å². The summed E-state index contributed by atoms with van der Waals surface area (Å²) in [6.45, 7) is 1.28. The Labute approximate surface area is 128 Å². The number of nitrogens with one attached hydrogen (secondary N) is 1. The van der Waals surface area contributed by atoms with Gasteiger partial charge in [0.25, 0.3) is 0 Å². The van der Waals surface area contributed by atoms with E-state index in [1.807, 2.05) is 19.0 Å². The van der Waals surface area contributed by atoms with E-state index in [0.717, 1.165) is 0 Å². The van der Waals surface area contributed by atoms with Gasteiger partial charge in [-0.3, -0.25) is 4.79 Å². The van der Waals surface area contributed by atoms with E-state index in [1.54, 1.807) is 12.1 Å². The van der Waals surface area contributed by atoms with Crippen LogP contribution in [0.4, 0.5) is 14.9 Å². The molecule has 1 heterocycles. The second-order valence-corrected chi connectivity index (χ2v) is 5.47. The van der Waals surface area contributed by atoms with Gasteiger partial charge < -0.3 is 19.9 Å². The SMILES string of the molecule is CN(C)CCOC(=O)N[C@H]1CC(=O)N(c2ccc(F)cc2)C1. The van der Waals surface area contributed by atoms with Crippen molar-refractivity contribution in [2.75, 3.05) is 38.7 Å². The minimum Gasteiger partial charge on any atom is -0.448 e. The molecule has 1 fully saturated rings. The van der Waals surface area contributed by atoms with Crippen molar-refractivity contribution < 1.29 is 18.7 Å². The summed E-state index contributed by atoms with van der Waals surface area (Å²) in [5.74, 6) is -0.459. The van der Waals surface area contributed by atoms with Crippen molar-refractivity contribution in [3.63, 3.8) is 0 Å². The zero-order valence-electron chi connectivity index (χ0n) is 12.7. The van der Waals surface area contributed by atoms with Crippen LogP contribution in [0.2, 0.25) is 0 Å². The maximum atomic E-state index is 12.9. The molecule has 0 aromatic heterocycles. The maximum absolute atomic E-state index is 12.9. The van der Waals surface area contributed by atoms with Gasteiger partial charge in [-0.15, -0.1) is 0 Å². The van der Waals surface area contributed by atoms with E-state index in [-0.39, 0.29) is 24.2 Å². The number of amides is 2. The van der Waals surface area contributed by atoms with Crippen LogP contribution in [-0.4, -0.2) is 56.7 Å². The van der Waals surface area contributed by atoms with Crippen molar-refractivity contribution in [2.24, 2.45) is 0 Å². The lowest BCUT2D eigenvalue weighted by molar-refractivity contribution is -0.117. The molecule has 2 amide bonds. The van der Waals surface area contributed by atoms with Crippen molar-refractivity contribution in [1.29, 1.82) is 0 Å². The van der Waals surface area contributed by atoms with Crippen molar-refractivity contribution in [1.82, 2.24) is 10.2 Å². The van der Waals surface area contributed by atoms with Gasteiger partial charge in [-0.2, -0.15) is 0 Å². The Hall–Kier alpha value is -2.15. The van der Waals surface area contributed by atoms with E-state index in [9.17, 15) is 14.0 Å². The first-order valence-corrected chi connectivity index (χ1v) is 7.09. The van der Waals surface area contributed by atoms with E-state index < -0.39 is 6.09 Å². The van der Waals surface area contributed by atoms with Crippen LogP contribution in [0.1, 0.15) is 6.42 Å². The third-order valence-corrected chi connectivity index (χ3v) is 3.36. The summed E-state index contributed by atoms with van der Waals surface area (Å²) in [4.78, 5) is 27.1. The van der Waals surface area contributed by atoms with Gasteiger partial charge in [0.15, 0.2) is 0 Å². The predicted molar refractivity (Wildman–Crippen MR) is 80.2 cm³/mol. The highest BCUT2D eigenvalue weighted by Gasteiger charge is 2.31. The van der Waals surface area contributed by atoms with E-state index >= 15 is 0 Å². The van der Waals surface area contributed by atoms with Crippen LogP contribution < -0.4 is 10.2 Å². The molecule has 0 bridgehead atoms. The lowest BCUT2D eigenvalue weighted by Gasteiger charge is -2.17. The van der Waals surface area contributed by atoms with Gasteiger partial charge in [0.2, 0.25) is 5.91 Å². The van der Waals surface area contributed by atoms with Crippen LogP contribution in [0.3, 0.4) is 0 Å². The minimum absolute atomic E-state index is 0.106. The molecule has 0 saturated carbocycles. The molecule has 0 spiro atoms. The Morgan fingerprint density at radius 3 is 2.73 bits per heavy atom. The molecule has 22 heavy (non-hydrogen) atoms. The van der Waals surface area contributed by atoms with Crippen molar-refractivity contribution in [3.05, 3.63) is 30.1 Å². The normalized spacial score (nSPS) is 17.9. The smallest absolute Gasteiger partial charge is 0.407 e. The Morgan fingerprint density at radius 2 is 2.09 bits per heavy atom. The van der Waals surface area contributed by atoms with E-state index in [1.165, 1.54) is 17.0 Å². The number of anilines is 1. The molecule has 6 nitrogen and oxygen atoms in total. The van der Waals surface area contributed by atoms with Gasteiger partial charge in [0.1, 0.15) is 12.4 Å². The number of alkyl carbamates (subject to hydrolysis) is 1. The number of halogens is 1. The molecule has 0 unspecified atom stereocenters. The molecule has 1 saturated heterocycles. The predicted octanol–water partition coefficient (Wildman–Crippen LogP) is 1.22. The quantitative estimate of drug-likeness (QED) is 0.888. The molecule has 0 radical (unpaired) electrons. The summed E-state index contributed by atoms with van der Waals surface area (Å²) in [6, 6.07) is 5.40. The van der Waals surface area contributed by atoms with Crippen LogP contribution in [-0.2, 0) is 9.53 Å². The molecular weight excluding hydrogens is 289 g/mol. The average molecular weight is 309 g/mol. The molecule has 1 atom stereocenters. The third kappa shape index (κ3) is 4.42. The maximum Gasteiger partial charge on any atom is 0.407 e. The molecule has 1 aliphatic rings. The van der Waals surface area contributed by atoms with Crippen molar-refractivity contribution in [2.45, 2.75) is 12.5 Å². The number of hydrogen-bond acceptors (Lipinski definition) is 4. The zero-order valence-corrected chi connectivity index (χ0v) is 12.7. The minimum atomic E-state index is -0.527. The molecule has 1 aromatic rings. The number of benzene rings is 1. The highest BCUT2D eigenvalue weighted by Crippen LogP contribution is 2.21.